The molecule has 1 aromatic heterocycles. The van der Waals surface area contributed by atoms with Gasteiger partial charge in [-0.1, -0.05) is 73.7 Å². The predicted molar refractivity (Wildman–Crippen MR) is 160 cm³/mol. The van der Waals surface area contributed by atoms with Crippen LogP contribution in [-0.4, -0.2) is 18.8 Å². The summed E-state index contributed by atoms with van der Waals surface area (Å²) in [6.07, 6.45) is -5.78. The van der Waals surface area contributed by atoms with Crippen LogP contribution >= 0.6 is 0 Å². The van der Waals surface area contributed by atoms with Gasteiger partial charge in [0.2, 0.25) is 0 Å². The van der Waals surface area contributed by atoms with Crippen LogP contribution in [-0.2, 0) is 35.5 Å². The van der Waals surface area contributed by atoms with Gasteiger partial charge in [0.25, 0.3) is 0 Å². The average Bonchev–Trinajstić information content (AvgIpc) is 3.02. The number of carbonyl (C=O) groups excluding carboxylic acids is 1. The number of nitrogens with one attached hydrogen (secondary N) is 1. The first kappa shape index (κ1) is 36.8. The maximum Gasteiger partial charge on any atom is 0.416 e. The van der Waals surface area contributed by atoms with Crippen LogP contribution in [0.2, 0.25) is 0 Å². The number of nitrogens with zero attached hydrogens (tertiary/aromatic N) is 1. The molecule has 43 heavy (non-hydrogen) atoms. The molecular weight excluding hydrogens is 566 g/mol. The van der Waals surface area contributed by atoms with Crippen molar-refractivity contribution in [3.8, 4) is 0 Å². The minimum atomic E-state index is -4.40. The third-order valence-electron chi connectivity index (χ3n) is 6.43. The van der Waals surface area contributed by atoms with Crippen LogP contribution in [0.3, 0.4) is 0 Å². The SMILES string of the molecule is C=C.C=O.CCc1cccc(C(F)(F)F)c1.CNC(Cc1ccccc1)(c1cccc(C(F)(F)F)c1)c1ccc(C)cn1. The number of aryl methyl sites for hydroxylation is 2. The highest BCUT2D eigenvalue weighted by Gasteiger charge is 2.37. The molecule has 0 saturated carbocycles. The van der Waals surface area contributed by atoms with Crippen molar-refractivity contribution in [2.24, 2.45) is 0 Å². The first-order valence-electron chi connectivity index (χ1n) is 13.2. The number of likely N-dealkylation sites (N-methyl/N-ethyl adjacent to an activating group) is 1. The summed E-state index contributed by atoms with van der Waals surface area (Å²) in [5, 5.41) is 3.26. The van der Waals surface area contributed by atoms with Crippen molar-refractivity contribution in [3.05, 3.63) is 149 Å². The van der Waals surface area contributed by atoms with Crippen molar-refractivity contribution in [2.75, 3.05) is 7.05 Å². The molecule has 4 aromatic rings. The molecule has 0 saturated heterocycles. The molecule has 0 aliphatic heterocycles. The van der Waals surface area contributed by atoms with Crippen LogP contribution < -0.4 is 5.32 Å². The van der Waals surface area contributed by atoms with Crippen LogP contribution in [0.25, 0.3) is 0 Å². The van der Waals surface area contributed by atoms with E-state index in [-0.39, 0.29) is 0 Å². The highest BCUT2D eigenvalue weighted by Crippen LogP contribution is 2.36. The Hall–Kier alpha value is -4.24. The zero-order valence-corrected chi connectivity index (χ0v) is 24.4. The van der Waals surface area contributed by atoms with Crippen molar-refractivity contribution >= 4 is 6.79 Å². The van der Waals surface area contributed by atoms with Crippen LogP contribution in [0.15, 0.2) is 110 Å². The number of alkyl halides is 6. The summed E-state index contributed by atoms with van der Waals surface area (Å²) in [5.74, 6) is 0. The van der Waals surface area contributed by atoms with E-state index in [1.807, 2.05) is 63.1 Å². The lowest BCUT2D eigenvalue weighted by molar-refractivity contribution is -0.138. The lowest BCUT2D eigenvalue weighted by Crippen LogP contribution is -2.44. The van der Waals surface area contributed by atoms with Crippen molar-refractivity contribution in [3.63, 3.8) is 0 Å². The van der Waals surface area contributed by atoms with Crippen LogP contribution in [0, 0.1) is 6.92 Å². The second-order valence-electron chi connectivity index (χ2n) is 9.17. The largest absolute Gasteiger partial charge is 0.416 e. The monoisotopic (exact) mass is 602 g/mol. The smallest absolute Gasteiger partial charge is 0.307 e. The number of rotatable bonds is 6. The fourth-order valence-corrected chi connectivity index (χ4v) is 4.25. The minimum absolute atomic E-state index is 0.474. The van der Waals surface area contributed by atoms with Gasteiger partial charge in [-0.15, -0.1) is 13.2 Å². The molecule has 0 aliphatic carbocycles. The quantitative estimate of drug-likeness (QED) is 0.177. The Bertz CT molecular complexity index is 1370. The molecule has 0 bridgehead atoms. The van der Waals surface area contributed by atoms with Crippen molar-refractivity contribution in [1.82, 2.24) is 10.3 Å². The van der Waals surface area contributed by atoms with Gasteiger partial charge in [-0.3, -0.25) is 4.98 Å². The van der Waals surface area contributed by atoms with E-state index in [2.05, 4.69) is 23.5 Å². The molecule has 1 atom stereocenters. The van der Waals surface area contributed by atoms with Crippen molar-refractivity contribution in [2.45, 2.75) is 44.6 Å². The van der Waals surface area contributed by atoms with E-state index in [9.17, 15) is 26.3 Å². The Morgan fingerprint density at radius 3 is 1.70 bits per heavy atom. The first-order chi connectivity index (χ1) is 20.4. The molecule has 1 unspecified atom stereocenters. The molecule has 0 amide bonds. The molecule has 3 aromatic carbocycles. The lowest BCUT2D eigenvalue weighted by atomic mass is 9.80. The van der Waals surface area contributed by atoms with Gasteiger partial charge in [0.05, 0.1) is 22.4 Å². The summed E-state index contributed by atoms with van der Waals surface area (Å²) in [5.41, 5.74) is 1.81. The van der Waals surface area contributed by atoms with Crippen LogP contribution in [0.1, 0.15) is 46.0 Å². The van der Waals surface area contributed by atoms with E-state index in [4.69, 9.17) is 4.79 Å². The van der Waals surface area contributed by atoms with Crippen molar-refractivity contribution < 1.29 is 31.1 Å². The zero-order chi connectivity index (χ0) is 32.7. The molecule has 0 aliphatic rings. The fourth-order valence-electron chi connectivity index (χ4n) is 4.25. The van der Waals surface area contributed by atoms with Crippen molar-refractivity contribution in [1.29, 1.82) is 0 Å². The minimum Gasteiger partial charge on any atom is -0.307 e. The number of hydrogen-bond acceptors (Lipinski definition) is 3. The third-order valence-corrected chi connectivity index (χ3v) is 6.43. The van der Waals surface area contributed by atoms with Gasteiger partial charge in [0.15, 0.2) is 0 Å². The Balaban J connectivity index is 0.000000483. The third kappa shape index (κ3) is 10.5. The molecular formula is C34H36F6N2O. The predicted octanol–water partition coefficient (Wildman–Crippen LogP) is 9.00. The lowest BCUT2D eigenvalue weighted by Gasteiger charge is -2.34. The second-order valence-corrected chi connectivity index (χ2v) is 9.17. The first-order valence-corrected chi connectivity index (χ1v) is 13.2. The van der Waals surface area contributed by atoms with Gasteiger partial charge in [0.1, 0.15) is 6.79 Å². The number of hydrogen-bond donors (Lipinski definition) is 1. The summed E-state index contributed by atoms with van der Waals surface area (Å²) in [7, 11) is 1.75. The van der Waals surface area contributed by atoms with E-state index in [0.717, 1.165) is 23.3 Å². The maximum atomic E-state index is 13.3. The summed E-state index contributed by atoms with van der Waals surface area (Å²) in [6, 6.07) is 24.3. The van der Waals surface area contributed by atoms with Gasteiger partial charge in [-0.2, -0.15) is 26.3 Å². The Kier molecular flexibility index (Phi) is 14.6. The molecule has 0 spiro atoms. The highest BCUT2D eigenvalue weighted by atomic mass is 19.4. The Labute approximate surface area is 249 Å². The van der Waals surface area contributed by atoms with E-state index < -0.39 is 29.0 Å². The molecule has 4 rings (SSSR count). The van der Waals surface area contributed by atoms with E-state index in [0.29, 0.717) is 29.7 Å². The number of halogens is 6. The Morgan fingerprint density at radius 1 is 0.698 bits per heavy atom. The molecule has 230 valence electrons. The van der Waals surface area contributed by atoms with E-state index in [1.54, 1.807) is 25.4 Å². The number of pyridine rings is 1. The fraction of sp³-hybridized carbons (Fsp3) is 0.235. The van der Waals surface area contributed by atoms with E-state index in [1.165, 1.54) is 24.3 Å². The molecule has 0 radical (unpaired) electrons. The topological polar surface area (TPSA) is 42.0 Å². The second kappa shape index (κ2) is 17.0. The summed E-state index contributed by atoms with van der Waals surface area (Å²) < 4.78 is 76.2. The van der Waals surface area contributed by atoms with E-state index >= 15 is 0 Å². The van der Waals surface area contributed by atoms with Gasteiger partial charge in [0, 0.05) is 12.6 Å². The zero-order valence-electron chi connectivity index (χ0n) is 24.4. The normalized spacial score (nSPS) is 12.2. The van der Waals surface area contributed by atoms with Gasteiger partial charge in [-0.25, -0.2) is 0 Å². The number of carbonyl (C=O) groups is 1. The van der Waals surface area contributed by atoms with Gasteiger partial charge in [-0.05, 0) is 66.9 Å². The van der Waals surface area contributed by atoms with Crippen LogP contribution in [0.4, 0.5) is 26.3 Å². The average molecular weight is 603 g/mol. The molecule has 3 nitrogen and oxygen atoms in total. The standard InChI is InChI=1S/C22H21F3N2.C9H9F3.C2H4.CH2O/c1-16-11-12-20(27-15-16)21(26-2,14-17-7-4-3-5-8-17)18-9-6-10-19(13-18)22(23,24)25;1-2-7-4-3-5-8(6-7)9(10,11)12;2*1-2/h3-13,15,26H,14H2,1-2H3;3-6H,2H2,1H3;1-2H2;1H2. The van der Waals surface area contributed by atoms with Gasteiger partial charge >= 0.3 is 12.4 Å². The summed E-state index contributed by atoms with van der Waals surface area (Å²) >= 11 is 0. The molecule has 1 heterocycles. The molecule has 1 N–H and O–H groups in total. The Morgan fingerprint density at radius 2 is 1.21 bits per heavy atom. The highest BCUT2D eigenvalue weighted by molar-refractivity contribution is 5.41. The van der Waals surface area contributed by atoms with Crippen LogP contribution in [0.5, 0.6) is 0 Å². The number of aromatic nitrogens is 1. The molecule has 0 fully saturated rings. The maximum absolute atomic E-state index is 13.3. The summed E-state index contributed by atoms with van der Waals surface area (Å²) in [4.78, 5) is 12.5. The van der Waals surface area contributed by atoms with Gasteiger partial charge < -0.3 is 10.1 Å². The molecule has 9 heteroatoms. The summed E-state index contributed by atoms with van der Waals surface area (Å²) in [6.45, 7) is 11.8. The number of benzene rings is 3.